The average molecular weight is 393 g/mol. The molecule has 0 saturated carbocycles. The van der Waals surface area contributed by atoms with E-state index in [1.165, 1.54) is 0 Å². The zero-order valence-electron chi connectivity index (χ0n) is 16.4. The van der Waals surface area contributed by atoms with Crippen LogP contribution in [0.25, 0.3) is 0 Å². The minimum atomic E-state index is -0.449. The fourth-order valence-corrected chi connectivity index (χ4v) is 3.75. The number of guanidine groups is 1. The van der Waals surface area contributed by atoms with Gasteiger partial charge in [-0.3, -0.25) is 4.99 Å². The first-order valence-corrected chi connectivity index (χ1v) is 10.3. The Morgan fingerprint density at radius 2 is 2.07 bits per heavy atom. The molecule has 8 nitrogen and oxygen atoms in total. The van der Waals surface area contributed by atoms with Crippen LogP contribution in [-0.4, -0.2) is 70.5 Å². The number of ether oxygens (including phenoxy) is 4. The summed E-state index contributed by atoms with van der Waals surface area (Å²) >= 11 is 0. The van der Waals surface area contributed by atoms with Crippen molar-refractivity contribution < 1.29 is 23.4 Å². The molecule has 2 N–H and O–H groups in total. The summed E-state index contributed by atoms with van der Waals surface area (Å²) in [6.07, 6.45) is 5.21. The minimum Gasteiger partial charge on any atom is -0.469 e. The van der Waals surface area contributed by atoms with Gasteiger partial charge in [0.2, 0.25) is 0 Å². The molecule has 1 aromatic rings. The normalized spacial score (nSPS) is 27.4. The highest BCUT2D eigenvalue weighted by molar-refractivity contribution is 5.79. The van der Waals surface area contributed by atoms with Crippen molar-refractivity contribution in [1.29, 1.82) is 0 Å². The fourth-order valence-electron chi connectivity index (χ4n) is 3.75. The van der Waals surface area contributed by atoms with E-state index in [0.717, 1.165) is 63.7 Å². The molecule has 4 rings (SSSR count). The van der Waals surface area contributed by atoms with Gasteiger partial charge >= 0.3 is 0 Å². The van der Waals surface area contributed by atoms with Crippen LogP contribution in [-0.2, 0) is 25.4 Å². The molecule has 3 fully saturated rings. The molecule has 0 radical (unpaired) electrons. The van der Waals surface area contributed by atoms with Gasteiger partial charge in [-0.1, -0.05) is 0 Å². The van der Waals surface area contributed by atoms with Gasteiger partial charge in [0.1, 0.15) is 11.9 Å². The number of hydrogen-bond donors (Lipinski definition) is 2. The van der Waals surface area contributed by atoms with Gasteiger partial charge in [-0.25, -0.2) is 0 Å². The van der Waals surface area contributed by atoms with Crippen LogP contribution in [0, 0.1) is 5.92 Å². The van der Waals surface area contributed by atoms with Crippen molar-refractivity contribution in [3.05, 3.63) is 24.2 Å². The molecule has 3 aliphatic heterocycles. The SMILES string of the molecule is c1coc(CCNC(=NCC2CCOC2)NCC2COC3(CCOCC3)O2)c1. The maximum absolute atomic E-state index is 6.20. The maximum Gasteiger partial charge on any atom is 0.191 e. The Morgan fingerprint density at radius 1 is 1.14 bits per heavy atom. The minimum absolute atomic E-state index is 0.0185. The molecule has 0 bridgehead atoms. The molecule has 3 saturated heterocycles. The van der Waals surface area contributed by atoms with Crippen LogP contribution in [0.15, 0.2) is 27.8 Å². The van der Waals surface area contributed by atoms with Gasteiger partial charge in [-0.05, 0) is 18.6 Å². The lowest BCUT2D eigenvalue weighted by Gasteiger charge is -2.31. The highest BCUT2D eigenvalue weighted by atomic mass is 16.7. The molecule has 8 heteroatoms. The number of aliphatic imine (C=N–C) groups is 1. The van der Waals surface area contributed by atoms with Gasteiger partial charge in [0.05, 0.1) is 32.7 Å². The largest absolute Gasteiger partial charge is 0.469 e. The smallest absolute Gasteiger partial charge is 0.191 e. The summed E-state index contributed by atoms with van der Waals surface area (Å²) in [5, 5.41) is 6.82. The van der Waals surface area contributed by atoms with Gasteiger partial charge < -0.3 is 34.0 Å². The Kier molecular flexibility index (Phi) is 6.85. The number of furan rings is 1. The van der Waals surface area contributed by atoms with Gasteiger partial charge in [-0.15, -0.1) is 0 Å². The van der Waals surface area contributed by atoms with Crippen molar-refractivity contribution in [1.82, 2.24) is 10.6 Å². The molecule has 28 heavy (non-hydrogen) atoms. The van der Waals surface area contributed by atoms with E-state index in [0.29, 0.717) is 32.3 Å². The van der Waals surface area contributed by atoms with Crippen LogP contribution in [0.5, 0.6) is 0 Å². The second-order valence-corrected chi connectivity index (χ2v) is 7.63. The highest BCUT2D eigenvalue weighted by Gasteiger charge is 2.42. The van der Waals surface area contributed by atoms with Crippen molar-refractivity contribution in [3.63, 3.8) is 0 Å². The fraction of sp³-hybridized carbons (Fsp3) is 0.750. The van der Waals surface area contributed by atoms with Gasteiger partial charge in [0.15, 0.2) is 11.7 Å². The first-order valence-electron chi connectivity index (χ1n) is 10.3. The molecule has 3 aliphatic rings. The second-order valence-electron chi connectivity index (χ2n) is 7.63. The van der Waals surface area contributed by atoms with E-state index < -0.39 is 5.79 Å². The first kappa shape index (κ1) is 19.7. The molecule has 0 amide bonds. The average Bonchev–Trinajstić information content (AvgIpc) is 3.47. The Hall–Kier alpha value is -1.61. The molecule has 156 valence electrons. The van der Waals surface area contributed by atoms with Crippen LogP contribution < -0.4 is 10.6 Å². The topological polar surface area (TPSA) is 86.5 Å². The van der Waals surface area contributed by atoms with E-state index in [4.69, 9.17) is 28.4 Å². The first-order chi connectivity index (χ1) is 13.8. The number of hydrogen-bond acceptors (Lipinski definition) is 6. The Bertz CT molecular complexity index is 609. The van der Waals surface area contributed by atoms with Crippen molar-refractivity contribution in [2.24, 2.45) is 10.9 Å². The third-order valence-corrected chi connectivity index (χ3v) is 5.44. The summed E-state index contributed by atoms with van der Waals surface area (Å²) in [7, 11) is 0. The Balaban J connectivity index is 1.26. The third kappa shape index (κ3) is 5.47. The Labute approximate surface area is 165 Å². The lowest BCUT2D eigenvalue weighted by Crippen LogP contribution is -2.44. The van der Waals surface area contributed by atoms with Crippen molar-refractivity contribution in [2.45, 2.75) is 37.6 Å². The van der Waals surface area contributed by atoms with E-state index in [1.807, 2.05) is 12.1 Å². The predicted molar refractivity (Wildman–Crippen MR) is 103 cm³/mol. The van der Waals surface area contributed by atoms with Crippen LogP contribution >= 0.6 is 0 Å². The van der Waals surface area contributed by atoms with Gasteiger partial charge in [-0.2, -0.15) is 0 Å². The summed E-state index contributed by atoms with van der Waals surface area (Å²) < 4.78 is 28.4. The lowest BCUT2D eigenvalue weighted by atomic mass is 10.1. The predicted octanol–water partition coefficient (Wildman–Crippen LogP) is 1.32. The van der Waals surface area contributed by atoms with Crippen molar-refractivity contribution in [3.8, 4) is 0 Å². The molecule has 1 aromatic heterocycles. The number of rotatable bonds is 7. The summed E-state index contributed by atoms with van der Waals surface area (Å²) in [4.78, 5) is 4.76. The van der Waals surface area contributed by atoms with Gasteiger partial charge in [0.25, 0.3) is 0 Å². The summed E-state index contributed by atoms with van der Waals surface area (Å²) in [5.74, 6) is 1.82. The summed E-state index contributed by atoms with van der Waals surface area (Å²) in [5.41, 5.74) is 0. The summed E-state index contributed by atoms with van der Waals surface area (Å²) in [6, 6.07) is 3.89. The van der Waals surface area contributed by atoms with Crippen LogP contribution in [0.1, 0.15) is 25.0 Å². The zero-order valence-corrected chi connectivity index (χ0v) is 16.4. The molecular weight excluding hydrogens is 362 g/mol. The molecule has 0 aliphatic carbocycles. The summed E-state index contributed by atoms with van der Waals surface area (Å²) in [6.45, 7) is 5.82. The number of nitrogens with one attached hydrogen (secondary N) is 2. The van der Waals surface area contributed by atoms with Crippen LogP contribution in [0.3, 0.4) is 0 Å². The molecule has 2 atom stereocenters. The lowest BCUT2D eigenvalue weighted by molar-refractivity contribution is -0.210. The third-order valence-electron chi connectivity index (χ3n) is 5.44. The van der Waals surface area contributed by atoms with Crippen molar-refractivity contribution >= 4 is 5.96 Å². The molecule has 1 spiro atoms. The zero-order chi connectivity index (χ0) is 19.1. The van der Waals surface area contributed by atoms with Gasteiger partial charge in [0, 0.05) is 51.4 Å². The van der Waals surface area contributed by atoms with E-state index in [1.54, 1.807) is 6.26 Å². The van der Waals surface area contributed by atoms with E-state index in [9.17, 15) is 0 Å². The molecule has 2 unspecified atom stereocenters. The molecule has 4 heterocycles. The number of nitrogens with zero attached hydrogens (tertiary/aromatic N) is 1. The van der Waals surface area contributed by atoms with E-state index >= 15 is 0 Å². The van der Waals surface area contributed by atoms with Crippen molar-refractivity contribution in [2.75, 3.05) is 52.7 Å². The molecular formula is C20H31N3O5. The highest BCUT2D eigenvalue weighted by Crippen LogP contribution is 2.32. The second kappa shape index (κ2) is 9.73. The molecule has 0 aromatic carbocycles. The maximum atomic E-state index is 6.20. The van der Waals surface area contributed by atoms with Crippen LogP contribution in [0.4, 0.5) is 0 Å². The quantitative estimate of drug-likeness (QED) is 0.534. The van der Waals surface area contributed by atoms with E-state index in [2.05, 4.69) is 10.6 Å². The monoisotopic (exact) mass is 393 g/mol. The Morgan fingerprint density at radius 3 is 2.86 bits per heavy atom. The standard InChI is InChI=1S/C20H31N3O5/c1-2-17(26-8-1)3-7-21-19(22-12-16-4-9-25-14-16)23-13-18-15-27-20(28-18)5-10-24-11-6-20/h1-2,8,16,18H,3-7,9-15H2,(H2,21,22,23). The van der Waals surface area contributed by atoms with E-state index in [-0.39, 0.29) is 6.10 Å². The van der Waals surface area contributed by atoms with Crippen LogP contribution in [0.2, 0.25) is 0 Å².